The average Bonchev–Trinajstić information content (AvgIpc) is 2.62. The summed E-state index contributed by atoms with van der Waals surface area (Å²) in [6, 6.07) is 11.1. The standard InChI is InChI=1S/C18H15ClN2O3/c19-13-11-18(14-5-1-3-9-20-14,15-6-2-4-10-21-15)8-7-12(13)16(22)17(23)24/h1-10,16,22H,11H2,(H,23,24). The zero-order valence-electron chi connectivity index (χ0n) is 12.6. The molecule has 24 heavy (non-hydrogen) atoms. The number of aliphatic carboxylic acids is 1. The summed E-state index contributed by atoms with van der Waals surface area (Å²) in [5, 5.41) is 19.1. The topological polar surface area (TPSA) is 83.3 Å². The minimum absolute atomic E-state index is 0.187. The summed E-state index contributed by atoms with van der Waals surface area (Å²) < 4.78 is 0. The quantitative estimate of drug-likeness (QED) is 0.892. The van der Waals surface area contributed by atoms with Crippen molar-refractivity contribution in [2.24, 2.45) is 0 Å². The molecule has 2 N–H and O–H groups in total. The first-order valence-corrected chi connectivity index (χ1v) is 7.74. The summed E-state index contributed by atoms with van der Waals surface area (Å²) >= 11 is 6.36. The molecule has 5 nitrogen and oxygen atoms in total. The van der Waals surface area contributed by atoms with Gasteiger partial charge in [-0.2, -0.15) is 0 Å². The number of carboxylic acid groups (broad SMARTS) is 1. The molecular formula is C18H15ClN2O3. The minimum atomic E-state index is -1.65. The predicted octanol–water partition coefficient (Wildman–Crippen LogP) is 2.66. The summed E-state index contributed by atoms with van der Waals surface area (Å²) in [7, 11) is 0. The Kier molecular flexibility index (Phi) is 4.46. The van der Waals surface area contributed by atoms with Crippen LogP contribution in [0.1, 0.15) is 17.8 Å². The smallest absolute Gasteiger partial charge is 0.337 e. The fraction of sp³-hybridized carbons (Fsp3) is 0.167. The summed E-state index contributed by atoms with van der Waals surface area (Å²) in [5.74, 6) is -1.34. The number of aliphatic hydroxyl groups is 1. The van der Waals surface area contributed by atoms with Gasteiger partial charge in [0.25, 0.3) is 0 Å². The largest absolute Gasteiger partial charge is 0.479 e. The molecule has 0 spiro atoms. The molecule has 0 saturated heterocycles. The van der Waals surface area contributed by atoms with Crippen LogP contribution < -0.4 is 0 Å². The Hall–Kier alpha value is -2.50. The Morgan fingerprint density at radius 3 is 2.12 bits per heavy atom. The van der Waals surface area contributed by atoms with Crippen LogP contribution in [0.2, 0.25) is 0 Å². The fourth-order valence-electron chi connectivity index (χ4n) is 2.84. The van der Waals surface area contributed by atoms with E-state index in [-0.39, 0.29) is 17.0 Å². The van der Waals surface area contributed by atoms with Gasteiger partial charge in [-0.05, 0) is 24.3 Å². The molecule has 0 aliphatic heterocycles. The number of hydrogen-bond acceptors (Lipinski definition) is 4. The van der Waals surface area contributed by atoms with Gasteiger partial charge in [-0.1, -0.05) is 35.9 Å². The Labute approximate surface area is 144 Å². The molecule has 0 radical (unpaired) electrons. The SMILES string of the molecule is O=C(O)C(O)C1=C(Cl)CC(c2ccccn2)(c2ccccn2)C=C1. The number of hydrogen-bond donors (Lipinski definition) is 2. The highest BCUT2D eigenvalue weighted by Gasteiger charge is 2.39. The predicted molar refractivity (Wildman–Crippen MR) is 89.5 cm³/mol. The van der Waals surface area contributed by atoms with Crippen LogP contribution in [-0.2, 0) is 10.2 Å². The van der Waals surface area contributed by atoms with Crippen LogP contribution in [0.3, 0.4) is 0 Å². The number of carbonyl (C=O) groups is 1. The minimum Gasteiger partial charge on any atom is -0.479 e. The molecule has 6 heteroatoms. The first-order valence-electron chi connectivity index (χ1n) is 7.36. The van der Waals surface area contributed by atoms with E-state index in [4.69, 9.17) is 16.7 Å². The lowest BCUT2D eigenvalue weighted by Crippen LogP contribution is -2.32. The van der Waals surface area contributed by atoms with Crippen molar-refractivity contribution >= 4 is 17.6 Å². The first kappa shape index (κ1) is 16.4. The summed E-state index contributed by atoms with van der Waals surface area (Å²) in [5.41, 5.74) is 0.983. The van der Waals surface area contributed by atoms with Gasteiger partial charge in [0, 0.05) is 29.4 Å². The molecule has 2 heterocycles. The van der Waals surface area contributed by atoms with Crippen molar-refractivity contribution in [1.82, 2.24) is 9.97 Å². The summed E-state index contributed by atoms with van der Waals surface area (Å²) in [6.45, 7) is 0. The van der Waals surface area contributed by atoms with Gasteiger partial charge < -0.3 is 10.2 Å². The van der Waals surface area contributed by atoms with E-state index in [1.54, 1.807) is 18.5 Å². The maximum absolute atomic E-state index is 11.0. The van der Waals surface area contributed by atoms with E-state index in [2.05, 4.69) is 9.97 Å². The molecule has 2 aromatic heterocycles. The third-order valence-electron chi connectivity index (χ3n) is 4.07. The molecule has 1 unspecified atom stereocenters. The second-order valence-electron chi connectivity index (χ2n) is 5.51. The third-order valence-corrected chi connectivity index (χ3v) is 4.42. The van der Waals surface area contributed by atoms with E-state index in [0.29, 0.717) is 0 Å². The van der Waals surface area contributed by atoms with Crippen molar-refractivity contribution in [3.8, 4) is 0 Å². The van der Waals surface area contributed by atoms with Gasteiger partial charge in [-0.3, -0.25) is 9.97 Å². The molecule has 0 amide bonds. The molecule has 1 atom stereocenters. The molecule has 0 bridgehead atoms. The van der Waals surface area contributed by atoms with Crippen molar-refractivity contribution in [3.05, 3.63) is 82.9 Å². The van der Waals surface area contributed by atoms with Gasteiger partial charge in [0.2, 0.25) is 0 Å². The van der Waals surface area contributed by atoms with Crippen LogP contribution in [-0.4, -0.2) is 32.3 Å². The number of rotatable bonds is 4. The fourth-order valence-corrected chi connectivity index (χ4v) is 3.21. The molecule has 2 aromatic rings. The molecule has 1 aliphatic carbocycles. The molecule has 3 rings (SSSR count). The third kappa shape index (κ3) is 2.84. The van der Waals surface area contributed by atoms with E-state index < -0.39 is 17.5 Å². The number of pyridine rings is 2. The van der Waals surface area contributed by atoms with Gasteiger partial charge in [0.05, 0.1) is 16.8 Å². The number of aliphatic hydroxyl groups excluding tert-OH is 1. The number of aromatic nitrogens is 2. The van der Waals surface area contributed by atoms with E-state index in [1.807, 2.05) is 42.5 Å². The number of halogens is 1. The van der Waals surface area contributed by atoms with Crippen molar-refractivity contribution in [2.45, 2.75) is 17.9 Å². The van der Waals surface area contributed by atoms with Crippen LogP contribution in [0.15, 0.2) is 71.5 Å². The molecule has 0 saturated carbocycles. The van der Waals surface area contributed by atoms with Gasteiger partial charge >= 0.3 is 5.97 Å². The number of carboxylic acids is 1. The Morgan fingerprint density at radius 1 is 1.12 bits per heavy atom. The second kappa shape index (κ2) is 6.55. The zero-order valence-corrected chi connectivity index (χ0v) is 13.4. The zero-order chi connectivity index (χ0) is 17.2. The van der Waals surface area contributed by atoms with Crippen molar-refractivity contribution in [2.75, 3.05) is 0 Å². The Balaban J connectivity index is 2.11. The van der Waals surface area contributed by atoms with E-state index >= 15 is 0 Å². The van der Waals surface area contributed by atoms with E-state index in [0.717, 1.165) is 11.4 Å². The van der Waals surface area contributed by atoms with Gasteiger partial charge in [-0.25, -0.2) is 4.79 Å². The lowest BCUT2D eigenvalue weighted by Gasteiger charge is -2.33. The molecule has 1 aliphatic rings. The van der Waals surface area contributed by atoms with Gasteiger partial charge in [0.15, 0.2) is 6.10 Å². The van der Waals surface area contributed by atoms with Crippen LogP contribution in [0.5, 0.6) is 0 Å². The molecule has 122 valence electrons. The van der Waals surface area contributed by atoms with Crippen molar-refractivity contribution in [1.29, 1.82) is 0 Å². The van der Waals surface area contributed by atoms with Crippen LogP contribution in [0.25, 0.3) is 0 Å². The van der Waals surface area contributed by atoms with E-state index in [1.165, 1.54) is 0 Å². The van der Waals surface area contributed by atoms with Gasteiger partial charge in [-0.15, -0.1) is 0 Å². The maximum atomic E-state index is 11.0. The highest BCUT2D eigenvalue weighted by Crippen LogP contribution is 2.43. The lowest BCUT2D eigenvalue weighted by atomic mass is 9.73. The van der Waals surface area contributed by atoms with Crippen LogP contribution in [0.4, 0.5) is 0 Å². The average molecular weight is 343 g/mol. The van der Waals surface area contributed by atoms with Crippen molar-refractivity contribution < 1.29 is 15.0 Å². The van der Waals surface area contributed by atoms with E-state index in [9.17, 15) is 9.90 Å². The highest BCUT2D eigenvalue weighted by atomic mass is 35.5. The Bertz CT molecular complexity index is 764. The van der Waals surface area contributed by atoms with Gasteiger partial charge in [0.1, 0.15) is 0 Å². The monoisotopic (exact) mass is 342 g/mol. The molecular weight excluding hydrogens is 328 g/mol. The van der Waals surface area contributed by atoms with Crippen molar-refractivity contribution in [3.63, 3.8) is 0 Å². The number of allylic oxidation sites excluding steroid dienone is 2. The molecule has 0 fully saturated rings. The first-order chi connectivity index (χ1) is 11.5. The van der Waals surface area contributed by atoms with Crippen LogP contribution >= 0.6 is 11.6 Å². The maximum Gasteiger partial charge on any atom is 0.337 e. The van der Waals surface area contributed by atoms with Crippen LogP contribution in [0, 0.1) is 0 Å². The lowest BCUT2D eigenvalue weighted by molar-refractivity contribution is -0.144. The second-order valence-corrected chi connectivity index (χ2v) is 5.97. The summed E-state index contributed by atoms with van der Waals surface area (Å²) in [6.07, 6.45) is 5.36. The summed E-state index contributed by atoms with van der Waals surface area (Å²) in [4.78, 5) is 19.9. The normalized spacial score (nSPS) is 17.6. The molecule has 0 aromatic carbocycles. The Morgan fingerprint density at radius 2 is 1.71 bits per heavy atom. The number of nitrogens with zero attached hydrogens (tertiary/aromatic N) is 2. The highest BCUT2D eigenvalue weighted by molar-refractivity contribution is 6.30.